The molecule has 222 valence electrons. The summed E-state index contributed by atoms with van der Waals surface area (Å²) in [7, 11) is 0. The zero-order chi connectivity index (χ0) is 29.7. The molecule has 1 amide bonds. The molecule has 0 spiro atoms. The number of amides is 1. The topological polar surface area (TPSA) is 74.6 Å². The van der Waals surface area contributed by atoms with Crippen molar-refractivity contribution in [3.05, 3.63) is 84.1 Å². The van der Waals surface area contributed by atoms with Crippen LogP contribution in [-0.2, 0) is 21.6 Å². The Kier molecular flexibility index (Phi) is 8.88. The van der Waals surface area contributed by atoms with Crippen LogP contribution in [0.25, 0.3) is 22.0 Å². The zero-order valence-corrected chi connectivity index (χ0v) is 25.5. The molecule has 5 rings (SSSR count). The molecule has 1 atom stereocenters. The van der Waals surface area contributed by atoms with Crippen LogP contribution in [0.3, 0.4) is 0 Å². The van der Waals surface area contributed by atoms with Crippen LogP contribution in [0.1, 0.15) is 84.1 Å². The van der Waals surface area contributed by atoms with Gasteiger partial charge in [-0.25, -0.2) is 9.48 Å². The number of nitrogens with zero attached hydrogens (tertiary/aromatic N) is 2. The maximum atomic E-state index is 12.8. The van der Waals surface area contributed by atoms with E-state index in [1.165, 1.54) is 0 Å². The van der Waals surface area contributed by atoms with Gasteiger partial charge in [-0.05, 0) is 81.7 Å². The van der Waals surface area contributed by atoms with Crippen LogP contribution in [-0.4, -0.2) is 28.1 Å². The standard InChI is InChI=1S/C35H43N3O4/c1-6-35(7-2,37-33(39)42-34(3,4)5)27-18-16-26(17-19-27)28-20-21-30-29(23-36-38(30)31-15-11-12-22-40-31)32(28)41-24-25-13-9-8-10-14-25/h8-10,13-14,16-21,23,31H,6-7,11-12,15,22,24H2,1-5H3,(H,37,39). The van der Waals surface area contributed by atoms with Crippen LogP contribution in [0, 0.1) is 0 Å². The lowest BCUT2D eigenvalue weighted by atomic mass is 9.84. The fourth-order valence-corrected chi connectivity index (χ4v) is 5.73. The van der Waals surface area contributed by atoms with Gasteiger partial charge in [0.2, 0.25) is 0 Å². The maximum Gasteiger partial charge on any atom is 0.408 e. The fourth-order valence-electron chi connectivity index (χ4n) is 5.73. The minimum Gasteiger partial charge on any atom is -0.487 e. The third-order valence-electron chi connectivity index (χ3n) is 8.08. The molecule has 7 heteroatoms. The van der Waals surface area contributed by atoms with Crippen LogP contribution < -0.4 is 10.1 Å². The molecule has 1 N–H and O–H groups in total. The van der Waals surface area contributed by atoms with Gasteiger partial charge in [-0.2, -0.15) is 5.10 Å². The van der Waals surface area contributed by atoms with Crippen LogP contribution in [0.5, 0.6) is 5.75 Å². The van der Waals surface area contributed by atoms with E-state index in [1.54, 1.807) is 0 Å². The third-order valence-corrected chi connectivity index (χ3v) is 8.08. The van der Waals surface area contributed by atoms with Crippen LogP contribution in [0.2, 0.25) is 0 Å². The highest BCUT2D eigenvalue weighted by Crippen LogP contribution is 2.40. The molecule has 1 fully saturated rings. The minimum absolute atomic E-state index is 0.0583. The van der Waals surface area contributed by atoms with E-state index in [4.69, 9.17) is 19.3 Å². The molecule has 0 saturated carbocycles. The smallest absolute Gasteiger partial charge is 0.408 e. The molecule has 7 nitrogen and oxygen atoms in total. The summed E-state index contributed by atoms with van der Waals surface area (Å²) in [6.07, 6.45) is 6.08. The minimum atomic E-state index is -0.563. The Balaban J connectivity index is 1.50. The van der Waals surface area contributed by atoms with Crippen molar-refractivity contribution < 1.29 is 19.0 Å². The van der Waals surface area contributed by atoms with Gasteiger partial charge in [-0.3, -0.25) is 0 Å². The molecule has 42 heavy (non-hydrogen) atoms. The molecule has 0 aliphatic carbocycles. The summed E-state index contributed by atoms with van der Waals surface area (Å²) in [5.41, 5.74) is 4.07. The van der Waals surface area contributed by atoms with Crippen molar-refractivity contribution in [1.29, 1.82) is 0 Å². The zero-order valence-electron chi connectivity index (χ0n) is 25.5. The number of hydrogen-bond donors (Lipinski definition) is 1. The summed E-state index contributed by atoms with van der Waals surface area (Å²) in [5.74, 6) is 0.801. The second kappa shape index (κ2) is 12.6. The normalized spacial score (nSPS) is 15.9. The number of carbonyl (C=O) groups excluding carboxylic acids is 1. The molecule has 1 aromatic heterocycles. The Hall–Kier alpha value is -3.84. The Bertz CT molecular complexity index is 1480. The molecule has 3 aromatic carbocycles. The molecule has 0 radical (unpaired) electrons. The Morgan fingerprint density at radius 2 is 1.74 bits per heavy atom. The first-order chi connectivity index (χ1) is 20.2. The van der Waals surface area contributed by atoms with Gasteiger partial charge in [-0.15, -0.1) is 0 Å². The van der Waals surface area contributed by atoms with Crippen molar-refractivity contribution in [2.75, 3.05) is 6.61 Å². The molecule has 4 aromatic rings. The lowest BCUT2D eigenvalue weighted by Gasteiger charge is -2.34. The first-order valence-electron chi connectivity index (χ1n) is 15.1. The lowest BCUT2D eigenvalue weighted by Crippen LogP contribution is -2.47. The van der Waals surface area contributed by atoms with Gasteiger partial charge in [0.05, 0.1) is 22.6 Å². The average molecular weight is 570 g/mol. The van der Waals surface area contributed by atoms with Gasteiger partial charge < -0.3 is 19.5 Å². The largest absolute Gasteiger partial charge is 0.487 e. The average Bonchev–Trinajstić information content (AvgIpc) is 3.43. The Labute approximate surface area is 249 Å². The molecule has 1 unspecified atom stereocenters. The van der Waals surface area contributed by atoms with Crippen molar-refractivity contribution in [1.82, 2.24) is 15.1 Å². The van der Waals surface area contributed by atoms with E-state index in [0.29, 0.717) is 6.61 Å². The summed E-state index contributed by atoms with van der Waals surface area (Å²) < 4.78 is 20.2. The van der Waals surface area contributed by atoms with E-state index >= 15 is 0 Å². The van der Waals surface area contributed by atoms with Crippen molar-refractivity contribution in [2.24, 2.45) is 0 Å². The lowest BCUT2D eigenvalue weighted by molar-refractivity contribution is -0.0366. The summed E-state index contributed by atoms with van der Waals surface area (Å²) in [6, 6.07) is 22.8. The van der Waals surface area contributed by atoms with E-state index in [2.05, 4.69) is 67.7 Å². The highest BCUT2D eigenvalue weighted by Gasteiger charge is 2.32. The molecular formula is C35H43N3O4. The summed E-state index contributed by atoms with van der Waals surface area (Å²) >= 11 is 0. The number of ether oxygens (including phenoxy) is 3. The van der Waals surface area contributed by atoms with E-state index in [9.17, 15) is 4.79 Å². The SMILES string of the molecule is CCC(CC)(NC(=O)OC(C)(C)C)c1ccc(-c2ccc3c(cnn3C3CCCCO3)c2OCc2ccccc2)cc1. The Morgan fingerprint density at radius 1 is 1.00 bits per heavy atom. The summed E-state index contributed by atoms with van der Waals surface area (Å²) in [5, 5.41) is 8.87. The second-order valence-electron chi connectivity index (χ2n) is 12.1. The number of benzene rings is 3. The number of aromatic nitrogens is 2. The number of fused-ring (bicyclic) bond motifs is 1. The molecular weight excluding hydrogens is 526 g/mol. The van der Waals surface area contributed by atoms with Crippen molar-refractivity contribution in [2.45, 2.75) is 90.7 Å². The van der Waals surface area contributed by atoms with Gasteiger partial charge in [0.25, 0.3) is 0 Å². The van der Waals surface area contributed by atoms with E-state index in [-0.39, 0.29) is 6.23 Å². The highest BCUT2D eigenvalue weighted by molar-refractivity contribution is 5.93. The maximum absolute atomic E-state index is 12.8. The summed E-state index contributed by atoms with van der Waals surface area (Å²) in [4.78, 5) is 12.8. The van der Waals surface area contributed by atoms with Gasteiger partial charge in [0.1, 0.15) is 18.0 Å². The highest BCUT2D eigenvalue weighted by atomic mass is 16.6. The predicted octanol–water partition coefficient (Wildman–Crippen LogP) is 8.52. The molecule has 1 aliphatic heterocycles. The van der Waals surface area contributed by atoms with E-state index in [0.717, 1.165) is 77.6 Å². The number of carbonyl (C=O) groups is 1. The summed E-state index contributed by atoms with van der Waals surface area (Å²) in [6.45, 7) is 11.0. The number of hydrogen-bond acceptors (Lipinski definition) is 5. The monoisotopic (exact) mass is 569 g/mol. The van der Waals surface area contributed by atoms with Gasteiger partial charge in [0, 0.05) is 12.2 Å². The first kappa shape index (κ1) is 29.6. The van der Waals surface area contributed by atoms with Crippen LogP contribution >= 0.6 is 0 Å². The first-order valence-corrected chi connectivity index (χ1v) is 15.1. The van der Waals surface area contributed by atoms with Gasteiger partial charge in [-0.1, -0.05) is 68.4 Å². The van der Waals surface area contributed by atoms with Crippen molar-refractivity contribution >= 4 is 17.0 Å². The predicted molar refractivity (Wildman–Crippen MR) is 166 cm³/mol. The number of nitrogens with one attached hydrogen (secondary N) is 1. The number of rotatable bonds is 9. The number of alkyl carbamates (subject to hydrolysis) is 1. The van der Waals surface area contributed by atoms with E-state index in [1.807, 2.05) is 49.8 Å². The van der Waals surface area contributed by atoms with Gasteiger partial charge >= 0.3 is 6.09 Å². The van der Waals surface area contributed by atoms with Crippen molar-refractivity contribution in [3.63, 3.8) is 0 Å². The molecule has 1 saturated heterocycles. The van der Waals surface area contributed by atoms with Crippen molar-refractivity contribution in [3.8, 4) is 16.9 Å². The Morgan fingerprint density at radius 3 is 2.38 bits per heavy atom. The van der Waals surface area contributed by atoms with E-state index < -0.39 is 17.2 Å². The molecule has 1 aliphatic rings. The molecule has 2 heterocycles. The van der Waals surface area contributed by atoms with Crippen LogP contribution in [0.15, 0.2) is 72.9 Å². The molecule has 0 bridgehead atoms. The van der Waals surface area contributed by atoms with Gasteiger partial charge in [0.15, 0.2) is 6.23 Å². The van der Waals surface area contributed by atoms with Crippen LogP contribution in [0.4, 0.5) is 4.79 Å². The third kappa shape index (κ3) is 6.46. The second-order valence-corrected chi connectivity index (χ2v) is 12.1. The quantitative estimate of drug-likeness (QED) is 0.219. The fraction of sp³-hybridized carbons (Fsp3) is 0.429.